The monoisotopic (exact) mass is 265 g/mol. The van der Waals surface area contributed by atoms with Crippen LogP contribution in [0.2, 0.25) is 0 Å². The van der Waals surface area contributed by atoms with Crippen LogP contribution in [0.1, 0.15) is 12.2 Å². The minimum atomic E-state index is -0.926. The lowest BCUT2D eigenvalue weighted by atomic mass is 10.2. The van der Waals surface area contributed by atoms with Gasteiger partial charge in [0.05, 0.1) is 25.4 Å². The Hall–Kier alpha value is -2.08. The van der Waals surface area contributed by atoms with Gasteiger partial charge in [0.1, 0.15) is 5.76 Å². The summed E-state index contributed by atoms with van der Waals surface area (Å²) < 4.78 is 10.4. The molecular formula is C13H15NO5. The van der Waals surface area contributed by atoms with Crippen LogP contribution in [0.3, 0.4) is 0 Å². The van der Waals surface area contributed by atoms with E-state index in [9.17, 15) is 9.59 Å². The molecule has 6 heteroatoms. The molecule has 2 rings (SSSR count). The predicted molar refractivity (Wildman–Crippen MR) is 66.3 cm³/mol. The van der Waals surface area contributed by atoms with Crippen molar-refractivity contribution in [1.82, 2.24) is 4.90 Å². The maximum absolute atomic E-state index is 11.9. The van der Waals surface area contributed by atoms with Gasteiger partial charge in [-0.3, -0.25) is 9.59 Å². The van der Waals surface area contributed by atoms with Gasteiger partial charge in [-0.05, 0) is 18.2 Å². The number of carboxylic acids is 1. The predicted octanol–water partition coefficient (Wildman–Crippen LogP) is 0.995. The second kappa shape index (κ2) is 6.19. The lowest BCUT2D eigenvalue weighted by molar-refractivity contribution is -0.145. The van der Waals surface area contributed by atoms with Crippen LogP contribution in [-0.2, 0) is 14.3 Å². The Morgan fingerprint density at radius 3 is 3.05 bits per heavy atom. The van der Waals surface area contributed by atoms with E-state index in [1.54, 1.807) is 23.1 Å². The smallest absolute Gasteiger partial charge is 0.306 e. The van der Waals surface area contributed by atoms with Crippen LogP contribution in [0.25, 0.3) is 6.08 Å². The molecule has 1 aliphatic heterocycles. The molecule has 0 aliphatic carbocycles. The first kappa shape index (κ1) is 13.4. The number of aliphatic carboxylic acids is 1. The molecule has 6 nitrogen and oxygen atoms in total. The van der Waals surface area contributed by atoms with Crippen LogP contribution in [0, 0.1) is 0 Å². The van der Waals surface area contributed by atoms with Crippen molar-refractivity contribution in [1.29, 1.82) is 0 Å². The molecule has 1 N–H and O–H groups in total. The summed E-state index contributed by atoms with van der Waals surface area (Å²) in [4.78, 5) is 24.1. The number of amides is 1. The topological polar surface area (TPSA) is 80.0 Å². The molecule has 102 valence electrons. The summed E-state index contributed by atoms with van der Waals surface area (Å²) in [5.74, 6) is -0.496. The molecule has 0 radical (unpaired) electrons. The molecule has 1 fully saturated rings. The minimum Gasteiger partial charge on any atom is -0.481 e. The molecule has 19 heavy (non-hydrogen) atoms. The Labute approximate surface area is 110 Å². The fraction of sp³-hybridized carbons (Fsp3) is 0.385. The van der Waals surface area contributed by atoms with Crippen molar-refractivity contribution in [2.24, 2.45) is 0 Å². The lowest BCUT2D eigenvalue weighted by Crippen LogP contribution is -2.45. The third-order valence-electron chi connectivity index (χ3n) is 2.79. The number of furan rings is 1. The number of carboxylic acid groups (broad SMARTS) is 1. The summed E-state index contributed by atoms with van der Waals surface area (Å²) in [6.45, 7) is 1.13. The quantitative estimate of drug-likeness (QED) is 0.821. The van der Waals surface area contributed by atoms with E-state index in [0.29, 0.717) is 25.5 Å². The van der Waals surface area contributed by atoms with E-state index in [1.807, 2.05) is 0 Å². The molecular weight excluding hydrogens is 250 g/mol. The van der Waals surface area contributed by atoms with Gasteiger partial charge in [0.25, 0.3) is 0 Å². The second-order valence-electron chi connectivity index (χ2n) is 4.22. The second-order valence-corrected chi connectivity index (χ2v) is 4.22. The lowest BCUT2D eigenvalue weighted by Gasteiger charge is -2.31. The molecule has 1 atom stereocenters. The number of hydrogen-bond acceptors (Lipinski definition) is 4. The highest BCUT2D eigenvalue weighted by molar-refractivity contribution is 5.91. The van der Waals surface area contributed by atoms with Crippen LogP contribution in [0.15, 0.2) is 28.9 Å². The van der Waals surface area contributed by atoms with Crippen molar-refractivity contribution in [2.45, 2.75) is 12.5 Å². The number of carbonyl (C=O) groups excluding carboxylic acids is 1. The van der Waals surface area contributed by atoms with Crippen molar-refractivity contribution in [3.63, 3.8) is 0 Å². The first-order chi connectivity index (χ1) is 9.15. The van der Waals surface area contributed by atoms with E-state index in [4.69, 9.17) is 14.3 Å². The average Bonchev–Trinajstić information content (AvgIpc) is 2.88. The van der Waals surface area contributed by atoms with Crippen LogP contribution >= 0.6 is 0 Å². The van der Waals surface area contributed by atoms with Crippen molar-refractivity contribution in [3.8, 4) is 0 Å². The van der Waals surface area contributed by atoms with Gasteiger partial charge in [0.15, 0.2) is 0 Å². The van der Waals surface area contributed by atoms with Crippen LogP contribution in [0.4, 0.5) is 0 Å². The van der Waals surface area contributed by atoms with Gasteiger partial charge in [-0.2, -0.15) is 0 Å². The molecule has 1 saturated heterocycles. The Morgan fingerprint density at radius 2 is 2.37 bits per heavy atom. The third-order valence-corrected chi connectivity index (χ3v) is 2.79. The van der Waals surface area contributed by atoms with Gasteiger partial charge in [-0.15, -0.1) is 0 Å². The molecule has 1 aromatic rings. The van der Waals surface area contributed by atoms with E-state index >= 15 is 0 Å². The highest BCUT2D eigenvalue weighted by atomic mass is 16.5. The third kappa shape index (κ3) is 3.96. The first-order valence-corrected chi connectivity index (χ1v) is 5.99. The highest BCUT2D eigenvalue weighted by Crippen LogP contribution is 2.10. The van der Waals surface area contributed by atoms with E-state index in [-0.39, 0.29) is 12.3 Å². The standard InChI is InChI=1S/C13H15NO5/c15-12(4-3-10-2-1-6-18-10)14-5-7-19-11(9-14)8-13(16)17/h1-4,6,11H,5,7-9H2,(H,16,17). The maximum Gasteiger partial charge on any atom is 0.306 e. The van der Waals surface area contributed by atoms with Crippen molar-refractivity contribution in [2.75, 3.05) is 19.7 Å². The Kier molecular flexibility index (Phi) is 4.35. The van der Waals surface area contributed by atoms with Crippen LogP contribution in [-0.4, -0.2) is 47.7 Å². The van der Waals surface area contributed by atoms with E-state index < -0.39 is 12.1 Å². The number of hydrogen-bond donors (Lipinski definition) is 1. The fourth-order valence-corrected chi connectivity index (χ4v) is 1.88. The molecule has 0 bridgehead atoms. The van der Waals surface area contributed by atoms with Crippen molar-refractivity contribution in [3.05, 3.63) is 30.2 Å². The number of morpholine rings is 1. The number of nitrogens with zero attached hydrogens (tertiary/aromatic N) is 1. The zero-order valence-corrected chi connectivity index (χ0v) is 10.3. The first-order valence-electron chi connectivity index (χ1n) is 5.99. The molecule has 0 aromatic carbocycles. The SMILES string of the molecule is O=C(O)CC1CN(C(=O)C=Cc2ccco2)CCO1. The van der Waals surface area contributed by atoms with Gasteiger partial charge < -0.3 is 19.2 Å². The molecule has 1 aliphatic rings. The summed E-state index contributed by atoms with van der Waals surface area (Å²) >= 11 is 0. The summed E-state index contributed by atoms with van der Waals surface area (Å²) in [5.41, 5.74) is 0. The Morgan fingerprint density at radius 1 is 1.53 bits per heavy atom. The summed E-state index contributed by atoms with van der Waals surface area (Å²) in [7, 11) is 0. The van der Waals surface area contributed by atoms with Gasteiger partial charge in [0, 0.05) is 19.2 Å². The van der Waals surface area contributed by atoms with E-state index in [1.165, 1.54) is 12.3 Å². The molecule has 2 heterocycles. The molecule has 1 unspecified atom stereocenters. The Bertz CT molecular complexity index is 465. The van der Waals surface area contributed by atoms with Crippen molar-refractivity contribution >= 4 is 18.0 Å². The van der Waals surface area contributed by atoms with Crippen LogP contribution < -0.4 is 0 Å². The zero-order valence-electron chi connectivity index (χ0n) is 10.3. The number of carbonyl (C=O) groups is 2. The zero-order chi connectivity index (χ0) is 13.7. The van der Waals surface area contributed by atoms with E-state index in [2.05, 4.69) is 0 Å². The average molecular weight is 265 g/mol. The van der Waals surface area contributed by atoms with Gasteiger partial charge in [0.2, 0.25) is 5.91 Å². The molecule has 1 amide bonds. The highest BCUT2D eigenvalue weighted by Gasteiger charge is 2.24. The Balaban J connectivity index is 1.90. The number of rotatable bonds is 4. The minimum absolute atomic E-state index is 0.0916. The summed E-state index contributed by atoms with van der Waals surface area (Å²) in [6.07, 6.45) is 4.01. The van der Waals surface area contributed by atoms with Crippen LogP contribution in [0.5, 0.6) is 0 Å². The van der Waals surface area contributed by atoms with Crippen molar-refractivity contribution < 1.29 is 23.8 Å². The van der Waals surface area contributed by atoms with Gasteiger partial charge in [-0.1, -0.05) is 0 Å². The fourth-order valence-electron chi connectivity index (χ4n) is 1.88. The summed E-state index contributed by atoms with van der Waals surface area (Å²) in [5, 5.41) is 8.71. The number of ether oxygens (including phenoxy) is 1. The molecule has 1 aromatic heterocycles. The maximum atomic E-state index is 11.9. The summed E-state index contributed by atoms with van der Waals surface area (Å²) in [6, 6.07) is 3.48. The van der Waals surface area contributed by atoms with Gasteiger partial charge >= 0.3 is 5.97 Å². The van der Waals surface area contributed by atoms with Gasteiger partial charge in [-0.25, -0.2) is 0 Å². The molecule has 0 saturated carbocycles. The molecule has 0 spiro atoms. The normalized spacial score (nSPS) is 19.8. The largest absolute Gasteiger partial charge is 0.481 e. The van der Waals surface area contributed by atoms with E-state index in [0.717, 1.165) is 0 Å².